The van der Waals surface area contributed by atoms with Crippen molar-refractivity contribution in [1.82, 2.24) is 19.7 Å². The SMILES string of the molecule is Cn1ncc2c(NC3(CCl)CC3)ncnc21. The average molecular weight is 238 g/mol. The molecule has 0 saturated heterocycles. The Bertz CT molecular complexity index is 531. The maximum atomic E-state index is 5.94. The molecule has 0 radical (unpaired) electrons. The molecule has 0 aromatic carbocycles. The number of hydrogen-bond donors (Lipinski definition) is 1. The zero-order valence-electron chi connectivity index (χ0n) is 8.94. The third kappa shape index (κ3) is 1.43. The first kappa shape index (κ1) is 9.84. The van der Waals surface area contributed by atoms with E-state index in [9.17, 15) is 0 Å². The molecule has 0 unspecified atom stereocenters. The minimum atomic E-state index is 0.0404. The van der Waals surface area contributed by atoms with E-state index >= 15 is 0 Å². The molecule has 2 heterocycles. The predicted octanol–water partition coefficient (Wildman–Crippen LogP) is 1.55. The van der Waals surface area contributed by atoms with Gasteiger partial charge in [-0.25, -0.2) is 9.97 Å². The van der Waals surface area contributed by atoms with Gasteiger partial charge in [0.1, 0.15) is 12.1 Å². The Labute approximate surface area is 97.8 Å². The summed E-state index contributed by atoms with van der Waals surface area (Å²) in [5, 5.41) is 8.52. The van der Waals surface area contributed by atoms with Gasteiger partial charge in [-0.3, -0.25) is 4.68 Å². The first-order chi connectivity index (χ1) is 7.74. The highest BCUT2D eigenvalue weighted by atomic mass is 35.5. The zero-order chi connectivity index (χ0) is 11.2. The van der Waals surface area contributed by atoms with Crippen molar-refractivity contribution in [3.05, 3.63) is 12.5 Å². The van der Waals surface area contributed by atoms with E-state index in [4.69, 9.17) is 11.6 Å². The van der Waals surface area contributed by atoms with Crippen LogP contribution in [0.15, 0.2) is 12.5 Å². The number of fused-ring (bicyclic) bond motifs is 1. The van der Waals surface area contributed by atoms with Crippen LogP contribution in [0.5, 0.6) is 0 Å². The van der Waals surface area contributed by atoms with Gasteiger partial charge in [-0.2, -0.15) is 5.10 Å². The Hall–Kier alpha value is -1.36. The largest absolute Gasteiger partial charge is 0.363 e. The maximum absolute atomic E-state index is 5.94. The highest BCUT2D eigenvalue weighted by molar-refractivity contribution is 6.19. The third-order valence-electron chi connectivity index (χ3n) is 3.02. The zero-order valence-corrected chi connectivity index (χ0v) is 9.70. The van der Waals surface area contributed by atoms with Crippen molar-refractivity contribution in [3.63, 3.8) is 0 Å². The molecule has 0 bridgehead atoms. The summed E-state index contributed by atoms with van der Waals surface area (Å²) in [5.74, 6) is 1.44. The number of nitrogens with zero attached hydrogens (tertiary/aromatic N) is 4. The van der Waals surface area contributed by atoms with E-state index in [2.05, 4.69) is 20.4 Å². The predicted molar refractivity (Wildman–Crippen MR) is 62.6 cm³/mol. The number of alkyl halides is 1. The molecule has 1 saturated carbocycles. The van der Waals surface area contributed by atoms with Crippen LogP contribution in [0, 0.1) is 0 Å². The Morgan fingerprint density at radius 3 is 3.00 bits per heavy atom. The Morgan fingerprint density at radius 2 is 2.31 bits per heavy atom. The van der Waals surface area contributed by atoms with Gasteiger partial charge in [-0.1, -0.05) is 0 Å². The van der Waals surface area contributed by atoms with Crippen molar-refractivity contribution < 1.29 is 0 Å². The van der Waals surface area contributed by atoms with Gasteiger partial charge in [0, 0.05) is 12.9 Å². The van der Waals surface area contributed by atoms with Crippen LogP contribution in [-0.2, 0) is 7.05 Å². The van der Waals surface area contributed by atoms with Crippen LogP contribution in [0.2, 0.25) is 0 Å². The Balaban J connectivity index is 2.03. The van der Waals surface area contributed by atoms with Crippen LogP contribution in [-0.4, -0.2) is 31.2 Å². The van der Waals surface area contributed by atoms with Gasteiger partial charge in [-0.15, -0.1) is 11.6 Å². The van der Waals surface area contributed by atoms with Crippen LogP contribution >= 0.6 is 11.6 Å². The summed E-state index contributed by atoms with van der Waals surface area (Å²) in [6.45, 7) is 0. The normalized spacial score (nSPS) is 17.6. The van der Waals surface area contributed by atoms with E-state index in [1.54, 1.807) is 17.2 Å². The standard InChI is InChI=1S/C10H12ClN5/c1-16-9-7(4-14-16)8(12-6-13-9)15-10(5-11)2-3-10/h4,6H,2-3,5H2,1H3,(H,12,13,15). The van der Waals surface area contributed by atoms with Crippen LogP contribution < -0.4 is 5.32 Å². The summed E-state index contributed by atoms with van der Waals surface area (Å²) < 4.78 is 1.74. The Morgan fingerprint density at radius 1 is 1.50 bits per heavy atom. The van der Waals surface area contributed by atoms with Gasteiger partial charge >= 0.3 is 0 Å². The fraction of sp³-hybridized carbons (Fsp3) is 0.500. The Kier molecular flexibility index (Phi) is 2.04. The summed E-state index contributed by atoms with van der Waals surface area (Å²) in [4.78, 5) is 8.45. The minimum Gasteiger partial charge on any atom is -0.363 e. The molecule has 0 spiro atoms. The summed E-state index contributed by atoms with van der Waals surface area (Å²) in [6.07, 6.45) is 5.53. The van der Waals surface area contributed by atoms with Crippen LogP contribution in [0.25, 0.3) is 11.0 Å². The molecular formula is C10H12ClN5. The number of hydrogen-bond acceptors (Lipinski definition) is 4. The number of aryl methyl sites for hydroxylation is 1. The van der Waals surface area contributed by atoms with Crippen molar-refractivity contribution in [1.29, 1.82) is 0 Å². The van der Waals surface area contributed by atoms with Crippen molar-refractivity contribution in [2.45, 2.75) is 18.4 Å². The number of nitrogens with one attached hydrogen (secondary N) is 1. The number of rotatable bonds is 3. The first-order valence-electron chi connectivity index (χ1n) is 5.21. The lowest BCUT2D eigenvalue weighted by molar-refractivity contribution is 0.785. The number of aromatic nitrogens is 4. The van der Waals surface area contributed by atoms with Crippen LogP contribution in [0.3, 0.4) is 0 Å². The third-order valence-corrected chi connectivity index (χ3v) is 3.53. The molecule has 3 rings (SSSR count). The number of anilines is 1. The monoisotopic (exact) mass is 237 g/mol. The maximum Gasteiger partial charge on any atom is 0.163 e. The summed E-state index contributed by atoms with van der Waals surface area (Å²) in [5.41, 5.74) is 0.876. The minimum absolute atomic E-state index is 0.0404. The van der Waals surface area contributed by atoms with Gasteiger partial charge in [-0.05, 0) is 12.8 Å². The quantitative estimate of drug-likeness (QED) is 0.823. The van der Waals surface area contributed by atoms with E-state index in [0.717, 1.165) is 29.7 Å². The molecule has 1 aliphatic carbocycles. The van der Waals surface area contributed by atoms with Crippen molar-refractivity contribution in [2.24, 2.45) is 7.05 Å². The van der Waals surface area contributed by atoms with E-state index in [1.807, 2.05) is 7.05 Å². The van der Waals surface area contributed by atoms with Gasteiger partial charge in [0.15, 0.2) is 5.65 Å². The van der Waals surface area contributed by atoms with Crippen molar-refractivity contribution in [3.8, 4) is 0 Å². The van der Waals surface area contributed by atoms with Gasteiger partial charge in [0.2, 0.25) is 0 Å². The summed E-state index contributed by atoms with van der Waals surface area (Å²) >= 11 is 5.94. The van der Waals surface area contributed by atoms with Crippen LogP contribution in [0.1, 0.15) is 12.8 Å². The molecule has 5 nitrogen and oxygen atoms in total. The topological polar surface area (TPSA) is 55.6 Å². The fourth-order valence-corrected chi connectivity index (χ4v) is 2.09. The molecule has 1 N–H and O–H groups in total. The van der Waals surface area contributed by atoms with Gasteiger partial charge < -0.3 is 5.32 Å². The highest BCUT2D eigenvalue weighted by Crippen LogP contribution is 2.40. The fourth-order valence-electron chi connectivity index (χ4n) is 1.76. The van der Waals surface area contributed by atoms with Gasteiger partial charge in [0.05, 0.1) is 17.1 Å². The van der Waals surface area contributed by atoms with Gasteiger partial charge in [0.25, 0.3) is 0 Å². The highest BCUT2D eigenvalue weighted by Gasteiger charge is 2.42. The summed E-state index contributed by atoms with van der Waals surface area (Å²) in [6, 6.07) is 0. The van der Waals surface area contributed by atoms with Crippen LogP contribution in [0.4, 0.5) is 5.82 Å². The van der Waals surface area contributed by atoms with Crippen molar-refractivity contribution >= 4 is 28.5 Å². The molecule has 0 atom stereocenters. The molecule has 84 valence electrons. The molecule has 2 aromatic rings. The van der Waals surface area contributed by atoms with E-state index < -0.39 is 0 Å². The smallest absolute Gasteiger partial charge is 0.163 e. The van der Waals surface area contributed by atoms with Crippen molar-refractivity contribution in [2.75, 3.05) is 11.2 Å². The molecular weight excluding hydrogens is 226 g/mol. The second kappa shape index (κ2) is 3.31. The van der Waals surface area contributed by atoms with E-state index in [1.165, 1.54) is 0 Å². The summed E-state index contributed by atoms with van der Waals surface area (Å²) in [7, 11) is 1.87. The lowest BCUT2D eigenvalue weighted by Crippen LogP contribution is -2.23. The first-order valence-corrected chi connectivity index (χ1v) is 5.74. The lowest BCUT2D eigenvalue weighted by atomic mass is 10.3. The molecule has 1 aliphatic rings. The lowest BCUT2D eigenvalue weighted by Gasteiger charge is -2.14. The second-order valence-corrected chi connectivity index (χ2v) is 4.53. The molecule has 1 fully saturated rings. The second-order valence-electron chi connectivity index (χ2n) is 4.27. The van der Waals surface area contributed by atoms with E-state index in [0.29, 0.717) is 5.88 Å². The van der Waals surface area contributed by atoms with E-state index in [-0.39, 0.29) is 5.54 Å². The molecule has 2 aromatic heterocycles. The molecule has 16 heavy (non-hydrogen) atoms. The number of halogens is 1. The molecule has 0 aliphatic heterocycles. The molecule has 6 heteroatoms. The average Bonchev–Trinajstić information content (AvgIpc) is 2.98. The molecule has 0 amide bonds.